The van der Waals surface area contributed by atoms with E-state index >= 15 is 0 Å². The van der Waals surface area contributed by atoms with Crippen LogP contribution in [0, 0.1) is 0 Å². The molecule has 1 saturated heterocycles. The number of hydrogen-bond donors (Lipinski definition) is 2. The third kappa shape index (κ3) is 7.95. The largest absolute Gasteiger partial charge is 0.414 e. The molecule has 2 aliphatic heterocycles. The van der Waals surface area contributed by atoms with Gasteiger partial charge in [-0.25, -0.2) is 0 Å². The Hall–Kier alpha value is -2.64. The molecule has 11 nitrogen and oxygen atoms in total. The van der Waals surface area contributed by atoms with Gasteiger partial charge in [0.2, 0.25) is 11.8 Å². The maximum absolute atomic E-state index is 13.1. The van der Waals surface area contributed by atoms with Crippen molar-refractivity contribution in [1.29, 1.82) is 0 Å². The fourth-order valence-electron chi connectivity index (χ4n) is 4.03. The van der Waals surface area contributed by atoms with Gasteiger partial charge in [0.25, 0.3) is 11.8 Å². The maximum atomic E-state index is 13.1. The van der Waals surface area contributed by atoms with Crippen LogP contribution in [0.2, 0.25) is 18.1 Å². The Morgan fingerprint density at radius 3 is 2.15 bits per heavy atom. The van der Waals surface area contributed by atoms with Crippen molar-refractivity contribution in [2.45, 2.75) is 57.8 Å². The van der Waals surface area contributed by atoms with Crippen LogP contribution in [0.15, 0.2) is 18.2 Å². The molecule has 0 aliphatic carbocycles. The fourth-order valence-corrected chi connectivity index (χ4v) is 5.06. The number of piperidine rings is 1. The van der Waals surface area contributed by atoms with Gasteiger partial charge >= 0.3 is 0 Å². The van der Waals surface area contributed by atoms with Gasteiger partial charge in [0.05, 0.1) is 57.4 Å². The lowest BCUT2D eigenvalue weighted by molar-refractivity contribution is -0.136. The Labute approximate surface area is 231 Å². The molecule has 0 bridgehead atoms. The number of imide groups is 2. The minimum absolute atomic E-state index is 0.0787. The van der Waals surface area contributed by atoms with E-state index in [4.69, 9.17) is 18.6 Å². The predicted octanol–water partition coefficient (Wildman–Crippen LogP) is 2.57. The number of hydrogen-bond acceptors (Lipinski definition) is 9. The molecule has 2 aliphatic rings. The van der Waals surface area contributed by atoms with Crippen LogP contribution in [0.4, 0.5) is 5.69 Å². The fraction of sp³-hybridized carbons (Fsp3) is 0.630. The van der Waals surface area contributed by atoms with E-state index in [9.17, 15) is 19.2 Å². The molecule has 1 unspecified atom stereocenters. The van der Waals surface area contributed by atoms with Crippen molar-refractivity contribution in [3.05, 3.63) is 29.3 Å². The minimum atomic E-state index is -1.74. The zero-order valence-corrected chi connectivity index (χ0v) is 24.6. The van der Waals surface area contributed by atoms with Crippen molar-refractivity contribution in [1.82, 2.24) is 10.2 Å². The van der Waals surface area contributed by atoms with Crippen molar-refractivity contribution < 1.29 is 37.8 Å². The molecule has 0 aromatic heterocycles. The molecule has 0 spiro atoms. The molecule has 0 radical (unpaired) electrons. The zero-order valence-electron chi connectivity index (χ0n) is 23.6. The Balaban J connectivity index is 1.30. The number of carbonyl (C=O) groups excluding carboxylic acids is 4. The summed E-state index contributed by atoms with van der Waals surface area (Å²) >= 11 is 0. The third-order valence-electron chi connectivity index (χ3n) is 7.27. The number of carbonyl (C=O) groups is 4. The lowest BCUT2D eigenvalue weighted by atomic mass is 10.0. The average Bonchev–Trinajstić information content (AvgIpc) is 3.12. The van der Waals surface area contributed by atoms with E-state index in [1.165, 1.54) is 0 Å². The molecular formula is C27H41N3O8Si. The molecule has 216 valence electrons. The average molecular weight is 564 g/mol. The number of fused-ring (bicyclic) bond motifs is 1. The number of nitrogens with one attached hydrogen (secondary N) is 2. The van der Waals surface area contributed by atoms with E-state index in [2.05, 4.69) is 44.5 Å². The van der Waals surface area contributed by atoms with E-state index in [1.807, 2.05) is 0 Å². The second-order valence-corrected chi connectivity index (χ2v) is 15.9. The molecule has 4 amide bonds. The molecule has 1 atom stereocenters. The molecule has 3 rings (SSSR count). The van der Waals surface area contributed by atoms with Crippen LogP contribution in [0.1, 0.15) is 54.3 Å². The number of amides is 4. The first-order valence-electron chi connectivity index (χ1n) is 13.4. The smallest absolute Gasteiger partial charge is 0.264 e. The van der Waals surface area contributed by atoms with Crippen LogP contribution >= 0.6 is 0 Å². The monoisotopic (exact) mass is 563 g/mol. The molecule has 0 saturated carbocycles. The van der Waals surface area contributed by atoms with Gasteiger partial charge in [-0.1, -0.05) is 26.8 Å². The van der Waals surface area contributed by atoms with Gasteiger partial charge in [-0.15, -0.1) is 0 Å². The highest BCUT2D eigenvalue weighted by molar-refractivity contribution is 6.74. The summed E-state index contributed by atoms with van der Waals surface area (Å²) in [6.45, 7) is 14.8. The number of nitrogens with zero attached hydrogens (tertiary/aromatic N) is 1. The SMILES string of the molecule is CC(C)(C)[Si](C)(C)OCCOCCOCCOCCNc1cccc2c1C(=O)N(C1CCC(=O)NC1=O)C2=O. The van der Waals surface area contributed by atoms with Crippen LogP contribution in [-0.4, -0.2) is 95.7 Å². The van der Waals surface area contributed by atoms with Crippen LogP contribution in [0.5, 0.6) is 0 Å². The van der Waals surface area contributed by atoms with Gasteiger partial charge in [0, 0.05) is 18.7 Å². The second-order valence-electron chi connectivity index (χ2n) is 11.0. The summed E-state index contributed by atoms with van der Waals surface area (Å²) in [5.74, 6) is -2.12. The van der Waals surface area contributed by atoms with Gasteiger partial charge in [0.1, 0.15) is 6.04 Å². The van der Waals surface area contributed by atoms with Crippen molar-refractivity contribution in [2.24, 2.45) is 0 Å². The summed E-state index contributed by atoms with van der Waals surface area (Å²) in [7, 11) is -1.74. The summed E-state index contributed by atoms with van der Waals surface area (Å²) < 4.78 is 22.8. The van der Waals surface area contributed by atoms with Gasteiger partial charge in [-0.2, -0.15) is 0 Å². The number of anilines is 1. The first-order valence-corrected chi connectivity index (χ1v) is 16.3. The number of benzene rings is 1. The third-order valence-corrected chi connectivity index (χ3v) is 11.8. The van der Waals surface area contributed by atoms with Crippen molar-refractivity contribution in [3.8, 4) is 0 Å². The first kappa shape index (κ1) is 30.9. The highest BCUT2D eigenvalue weighted by atomic mass is 28.4. The zero-order chi connectivity index (χ0) is 28.6. The number of rotatable bonds is 15. The Bertz CT molecular complexity index is 1060. The van der Waals surface area contributed by atoms with E-state index in [-0.39, 0.29) is 29.0 Å². The molecule has 1 aromatic carbocycles. The minimum Gasteiger partial charge on any atom is -0.414 e. The summed E-state index contributed by atoms with van der Waals surface area (Å²) in [5, 5.41) is 5.52. The molecule has 1 aromatic rings. The van der Waals surface area contributed by atoms with Gasteiger partial charge in [0.15, 0.2) is 8.32 Å². The van der Waals surface area contributed by atoms with Gasteiger partial charge in [-0.05, 0) is 36.7 Å². The van der Waals surface area contributed by atoms with E-state index in [1.54, 1.807) is 18.2 Å². The normalized spacial score (nSPS) is 18.0. The van der Waals surface area contributed by atoms with Gasteiger partial charge in [-0.3, -0.25) is 29.4 Å². The summed E-state index contributed by atoms with van der Waals surface area (Å²) in [6.07, 6.45) is 0.196. The Kier molecular flexibility index (Phi) is 10.8. The lowest BCUT2D eigenvalue weighted by Gasteiger charge is -2.36. The predicted molar refractivity (Wildman–Crippen MR) is 147 cm³/mol. The summed E-state index contributed by atoms with van der Waals surface area (Å²) in [6, 6.07) is 3.95. The molecule has 2 N–H and O–H groups in total. The van der Waals surface area contributed by atoms with Crippen LogP contribution in [-0.2, 0) is 28.2 Å². The summed E-state index contributed by atoms with van der Waals surface area (Å²) in [5.41, 5.74) is 0.957. The molecule has 12 heteroatoms. The summed E-state index contributed by atoms with van der Waals surface area (Å²) in [4.78, 5) is 50.6. The first-order chi connectivity index (χ1) is 18.4. The molecule has 2 heterocycles. The molecule has 39 heavy (non-hydrogen) atoms. The van der Waals surface area contributed by atoms with Crippen molar-refractivity contribution in [3.63, 3.8) is 0 Å². The van der Waals surface area contributed by atoms with E-state index in [0.29, 0.717) is 58.5 Å². The Morgan fingerprint density at radius 2 is 1.54 bits per heavy atom. The highest BCUT2D eigenvalue weighted by Crippen LogP contribution is 2.36. The van der Waals surface area contributed by atoms with Crippen molar-refractivity contribution >= 4 is 37.6 Å². The standard InChI is InChI=1S/C27H41N3O8Si/c1-27(2,3)39(4,5)38-18-17-37-16-15-36-14-13-35-12-11-28-20-8-6-7-19-23(20)26(34)30(25(19)33)21-9-10-22(31)29-24(21)32/h6-8,21,28H,9-18H2,1-5H3,(H,29,31,32). The molecule has 1 fully saturated rings. The highest BCUT2D eigenvalue weighted by Gasteiger charge is 2.45. The van der Waals surface area contributed by atoms with Crippen LogP contribution in [0.25, 0.3) is 0 Å². The van der Waals surface area contributed by atoms with Crippen LogP contribution < -0.4 is 10.6 Å². The quantitative estimate of drug-likeness (QED) is 0.188. The second kappa shape index (κ2) is 13.6. The van der Waals surface area contributed by atoms with Crippen molar-refractivity contribution in [2.75, 3.05) is 58.1 Å². The van der Waals surface area contributed by atoms with E-state index < -0.39 is 38.0 Å². The van der Waals surface area contributed by atoms with Gasteiger partial charge < -0.3 is 24.0 Å². The topological polar surface area (TPSA) is 132 Å². The van der Waals surface area contributed by atoms with E-state index in [0.717, 1.165) is 4.90 Å². The maximum Gasteiger partial charge on any atom is 0.264 e. The van der Waals surface area contributed by atoms with Crippen LogP contribution in [0.3, 0.4) is 0 Å². The Morgan fingerprint density at radius 1 is 0.923 bits per heavy atom. The lowest BCUT2D eigenvalue weighted by Crippen LogP contribution is -2.54. The molecular weight excluding hydrogens is 522 g/mol. The number of ether oxygens (including phenoxy) is 3.